The van der Waals surface area contributed by atoms with E-state index in [-0.39, 0.29) is 17.2 Å². The van der Waals surface area contributed by atoms with Crippen molar-refractivity contribution in [3.05, 3.63) is 47.0 Å². The van der Waals surface area contributed by atoms with Gasteiger partial charge in [-0.05, 0) is 67.8 Å². The molecule has 0 unspecified atom stereocenters. The topological polar surface area (TPSA) is 75.7 Å². The summed E-state index contributed by atoms with van der Waals surface area (Å²) in [6.45, 7) is 6.26. The van der Waals surface area contributed by atoms with Gasteiger partial charge in [0.05, 0.1) is 13.5 Å². The molecule has 1 aliphatic heterocycles. The normalized spacial score (nSPS) is 13.7. The molecule has 0 radical (unpaired) electrons. The van der Waals surface area contributed by atoms with Crippen LogP contribution in [0, 0.1) is 13.8 Å². The third-order valence-electron chi connectivity index (χ3n) is 4.65. The van der Waals surface area contributed by atoms with Crippen molar-refractivity contribution < 1.29 is 17.9 Å². The molecule has 26 heavy (non-hydrogen) atoms. The van der Waals surface area contributed by atoms with E-state index in [1.807, 2.05) is 20.8 Å². The second-order valence-electron chi connectivity index (χ2n) is 6.35. The molecule has 0 saturated heterocycles. The van der Waals surface area contributed by atoms with Crippen molar-refractivity contribution in [2.24, 2.45) is 0 Å². The van der Waals surface area contributed by atoms with Crippen molar-refractivity contribution >= 4 is 27.3 Å². The third kappa shape index (κ3) is 3.14. The van der Waals surface area contributed by atoms with Gasteiger partial charge in [0.2, 0.25) is 5.91 Å². The molecule has 7 heteroatoms. The Morgan fingerprint density at radius 1 is 1.15 bits per heavy atom. The van der Waals surface area contributed by atoms with Gasteiger partial charge in [-0.2, -0.15) is 0 Å². The van der Waals surface area contributed by atoms with Crippen molar-refractivity contribution in [3.63, 3.8) is 0 Å². The van der Waals surface area contributed by atoms with E-state index in [0.717, 1.165) is 22.4 Å². The number of rotatable bonds is 5. The molecule has 0 fully saturated rings. The van der Waals surface area contributed by atoms with Gasteiger partial charge in [-0.15, -0.1) is 0 Å². The zero-order valence-electron chi connectivity index (χ0n) is 15.3. The largest absolute Gasteiger partial charge is 0.495 e. The van der Waals surface area contributed by atoms with Gasteiger partial charge in [-0.25, -0.2) is 8.42 Å². The summed E-state index contributed by atoms with van der Waals surface area (Å²) in [5.41, 5.74) is 3.91. The fraction of sp³-hybridized carbons (Fsp3) is 0.316. The van der Waals surface area contributed by atoms with Crippen LogP contribution in [0.1, 0.15) is 23.6 Å². The van der Waals surface area contributed by atoms with E-state index in [0.29, 0.717) is 18.0 Å². The average molecular weight is 374 g/mol. The number of anilines is 2. The number of carbonyl (C=O) groups is 1. The van der Waals surface area contributed by atoms with Crippen LogP contribution in [0.3, 0.4) is 0 Å². The maximum Gasteiger partial charge on any atom is 0.265 e. The van der Waals surface area contributed by atoms with Crippen LogP contribution in [0.2, 0.25) is 0 Å². The number of likely N-dealkylation sites (N-methyl/N-ethyl adjacent to an activating group) is 1. The Morgan fingerprint density at radius 2 is 1.85 bits per heavy atom. The highest BCUT2D eigenvalue weighted by Gasteiger charge is 2.27. The van der Waals surface area contributed by atoms with Gasteiger partial charge in [0, 0.05) is 17.9 Å². The fourth-order valence-electron chi connectivity index (χ4n) is 3.14. The molecule has 0 spiro atoms. The molecular formula is C19H22N2O4S. The molecule has 0 atom stereocenters. The number of hydrogen-bond acceptors (Lipinski definition) is 4. The smallest absolute Gasteiger partial charge is 0.265 e. The lowest BCUT2D eigenvalue weighted by molar-refractivity contribution is -0.117. The molecule has 1 aliphatic rings. The molecule has 0 aromatic heterocycles. The van der Waals surface area contributed by atoms with Crippen molar-refractivity contribution in [1.82, 2.24) is 0 Å². The Balaban J connectivity index is 1.96. The number of aryl methyl sites for hydroxylation is 2. The van der Waals surface area contributed by atoms with E-state index < -0.39 is 10.0 Å². The van der Waals surface area contributed by atoms with E-state index in [1.54, 1.807) is 35.2 Å². The predicted octanol–water partition coefficient (Wildman–Crippen LogP) is 3.02. The number of hydrogen-bond donors (Lipinski definition) is 1. The Bertz CT molecular complexity index is 983. The lowest BCUT2D eigenvalue weighted by Crippen LogP contribution is -2.25. The summed E-state index contributed by atoms with van der Waals surface area (Å²) in [5, 5.41) is 0. The molecule has 0 saturated carbocycles. The second-order valence-corrected chi connectivity index (χ2v) is 8.00. The number of sulfonamides is 1. The molecule has 0 aliphatic carbocycles. The number of benzene rings is 2. The highest BCUT2D eigenvalue weighted by atomic mass is 32.2. The maximum absolute atomic E-state index is 12.9. The van der Waals surface area contributed by atoms with Gasteiger partial charge >= 0.3 is 0 Å². The van der Waals surface area contributed by atoms with Crippen molar-refractivity contribution in [2.45, 2.75) is 32.1 Å². The molecule has 1 N–H and O–H groups in total. The molecule has 1 amide bonds. The molecule has 6 nitrogen and oxygen atoms in total. The van der Waals surface area contributed by atoms with Gasteiger partial charge in [0.15, 0.2) is 0 Å². The van der Waals surface area contributed by atoms with E-state index in [9.17, 15) is 13.2 Å². The summed E-state index contributed by atoms with van der Waals surface area (Å²) < 4.78 is 33.6. The summed E-state index contributed by atoms with van der Waals surface area (Å²) in [4.78, 5) is 13.8. The lowest BCUT2D eigenvalue weighted by Gasteiger charge is -2.16. The maximum atomic E-state index is 12.9. The van der Waals surface area contributed by atoms with Crippen molar-refractivity contribution in [1.29, 1.82) is 0 Å². The van der Waals surface area contributed by atoms with Crippen molar-refractivity contribution in [3.8, 4) is 5.75 Å². The van der Waals surface area contributed by atoms with Crippen molar-refractivity contribution in [2.75, 3.05) is 23.3 Å². The molecule has 0 bridgehead atoms. The highest BCUT2D eigenvalue weighted by molar-refractivity contribution is 7.92. The standard InChI is InChI=1S/C19H22N2O4S/c1-5-21-16-7-6-15(10-14(16)11-19(21)22)20-26(23,24)18-9-13(3)12(2)8-17(18)25-4/h6-10,20H,5,11H2,1-4H3. The predicted molar refractivity (Wildman–Crippen MR) is 101 cm³/mol. The molecule has 3 rings (SSSR count). The number of amides is 1. The Kier molecular flexibility index (Phi) is 4.66. The monoisotopic (exact) mass is 374 g/mol. The molecule has 2 aromatic carbocycles. The van der Waals surface area contributed by atoms with Crippen LogP contribution in [0.15, 0.2) is 35.2 Å². The van der Waals surface area contributed by atoms with Crippen LogP contribution in [0.5, 0.6) is 5.75 Å². The quantitative estimate of drug-likeness (QED) is 0.873. The van der Waals surface area contributed by atoms with E-state index >= 15 is 0 Å². The highest BCUT2D eigenvalue weighted by Crippen LogP contribution is 2.33. The summed E-state index contributed by atoms with van der Waals surface area (Å²) >= 11 is 0. The summed E-state index contributed by atoms with van der Waals surface area (Å²) in [6, 6.07) is 8.48. The number of methoxy groups -OCH3 is 1. The zero-order valence-corrected chi connectivity index (χ0v) is 16.1. The Morgan fingerprint density at radius 3 is 2.50 bits per heavy atom. The molecular weight excluding hydrogens is 352 g/mol. The molecule has 138 valence electrons. The number of ether oxygens (including phenoxy) is 1. The number of carbonyl (C=O) groups excluding carboxylic acids is 1. The fourth-order valence-corrected chi connectivity index (χ4v) is 4.42. The number of fused-ring (bicyclic) bond motifs is 1. The van der Waals surface area contributed by atoms with Crippen LogP contribution in [-0.2, 0) is 21.2 Å². The van der Waals surface area contributed by atoms with Gasteiger partial charge < -0.3 is 9.64 Å². The zero-order chi connectivity index (χ0) is 19.1. The van der Waals surface area contributed by atoms with E-state index in [2.05, 4.69) is 4.72 Å². The second kappa shape index (κ2) is 6.64. The van der Waals surface area contributed by atoms with Gasteiger partial charge in [0.1, 0.15) is 10.6 Å². The summed E-state index contributed by atoms with van der Waals surface area (Å²) in [7, 11) is -2.37. The minimum absolute atomic E-state index is 0.0262. The van der Waals surface area contributed by atoms with Gasteiger partial charge in [-0.1, -0.05) is 0 Å². The van der Waals surface area contributed by atoms with E-state index in [1.165, 1.54) is 7.11 Å². The van der Waals surface area contributed by atoms with Crippen LogP contribution < -0.4 is 14.4 Å². The molecule has 1 heterocycles. The molecule has 2 aromatic rings. The summed E-state index contributed by atoms with van der Waals surface area (Å²) in [6.07, 6.45) is 0.283. The number of nitrogens with one attached hydrogen (secondary N) is 1. The minimum Gasteiger partial charge on any atom is -0.495 e. The van der Waals surface area contributed by atoms with Crippen LogP contribution in [0.4, 0.5) is 11.4 Å². The van der Waals surface area contributed by atoms with Crippen LogP contribution >= 0.6 is 0 Å². The van der Waals surface area contributed by atoms with Gasteiger partial charge in [0.25, 0.3) is 10.0 Å². The third-order valence-corrected chi connectivity index (χ3v) is 6.05. The Hall–Kier alpha value is -2.54. The number of nitrogens with zero attached hydrogens (tertiary/aromatic N) is 1. The minimum atomic E-state index is -3.82. The van der Waals surface area contributed by atoms with Crippen LogP contribution in [-0.4, -0.2) is 28.0 Å². The SMILES string of the molecule is CCN1C(=O)Cc2cc(NS(=O)(=O)c3cc(C)c(C)cc3OC)ccc21. The lowest BCUT2D eigenvalue weighted by atomic mass is 10.1. The van der Waals surface area contributed by atoms with E-state index in [4.69, 9.17) is 4.74 Å². The first-order chi connectivity index (χ1) is 12.3. The van der Waals surface area contributed by atoms with Gasteiger partial charge in [-0.3, -0.25) is 9.52 Å². The average Bonchev–Trinajstić information content (AvgIpc) is 2.90. The Labute approximate surface area is 153 Å². The first-order valence-corrected chi connectivity index (χ1v) is 9.86. The van der Waals surface area contributed by atoms with Crippen LogP contribution in [0.25, 0.3) is 0 Å². The first kappa shape index (κ1) is 18.3. The first-order valence-electron chi connectivity index (χ1n) is 8.38. The summed E-state index contributed by atoms with van der Waals surface area (Å²) in [5.74, 6) is 0.326.